The summed E-state index contributed by atoms with van der Waals surface area (Å²) in [5, 5.41) is 2.18. The SMILES string of the molecule is CC(=O)C(N)CN[C-]=O. The number of Topliss-reactive ketones (excluding diaryl/α,β-unsaturated/α-hetero) is 1. The Morgan fingerprint density at radius 3 is 2.78 bits per heavy atom. The Balaban J connectivity index is 3.37. The molecule has 0 fully saturated rings. The first kappa shape index (κ1) is 8.10. The molecule has 0 rings (SSSR count). The number of ketones is 1. The van der Waals surface area contributed by atoms with Crippen LogP contribution in [-0.2, 0) is 9.59 Å². The number of carbonyl (C=O) groups excluding carboxylic acids is 2. The molecule has 1 unspecified atom stereocenters. The van der Waals surface area contributed by atoms with Crippen LogP contribution in [0, 0.1) is 0 Å². The van der Waals surface area contributed by atoms with E-state index in [4.69, 9.17) is 5.73 Å². The number of rotatable bonds is 4. The lowest BCUT2D eigenvalue weighted by Crippen LogP contribution is -2.38. The number of nitrogens with one attached hydrogen (secondary N) is 1. The number of nitrogens with two attached hydrogens (primary N) is 1. The van der Waals surface area contributed by atoms with Crippen LogP contribution in [0.4, 0.5) is 0 Å². The Bertz CT molecular complexity index is 114. The first-order chi connectivity index (χ1) is 4.18. The zero-order valence-corrected chi connectivity index (χ0v) is 5.18. The van der Waals surface area contributed by atoms with Crippen molar-refractivity contribution < 1.29 is 9.59 Å². The monoisotopic (exact) mass is 129 g/mol. The lowest BCUT2D eigenvalue weighted by molar-refractivity contribution is -0.118. The lowest BCUT2D eigenvalue weighted by Gasteiger charge is -2.10. The van der Waals surface area contributed by atoms with Crippen molar-refractivity contribution in [2.24, 2.45) is 5.73 Å². The molecule has 0 aliphatic rings. The topological polar surface area (TPSA) is 72.2 Å². The Morgan fingerprint density at radius 2 is 2.44 bits per heavy atom. The molecule has 52 valence electrons. The third-order valence-electron chi connectivity index (χ3n) is 0.916. The Kier molecular flexibility index (Phi) is 3.62. The first-order valence-electron chi connectivity index (χ1n) is 2.54. The molecule has 9 heavy (non-hydrogen) atoms. The van der Waals surface area contributed by atoms with Crippen molar-refractivity contribution in [1.82, 2.24) is 5.32 Å². The van der Waals surface area contributed by atoms with E-state index in [2.05, 4.69) is 5.32 Å². The summed E-state index contributed by atoms with van der Waals surface area (Å²) < 4.78 is 0. The predicted molar refractivity (Wildman–Crippen MR) is 32.4 cm³/mol. The summed E-state index contributed by atoms with van der Waals surface area (Å²) in [6, 6.07) is -0.591. The molecule has 0 aromatic rings. The molecule has 0 aliphatic heterocycles. The van der Waals surface area contributed by atoms with Gasteiger partial charge in [-0.1, -0.05) is 0 Å². The van der Waals surface area contributed by atoms with Crippen molar-refractivity contribution in [3.8, 4) is 0 Å². The summed E-state index contributed by atoms with van der Waals surface area (Å²) >= 11 is 0. The van der Waals surface area contributed by atoms with Gasteiger partial charge < -0.3 is 15.8 Å². The average molecular weight is 129 g/mol. The summed E-state index contributed by atoms with van der Waals surface area (Å²) in [7, 11) is 0. The van der Waals surface area contributed by atoms with E-state index in [0.717, 1.165) is 0 Å². The van der Waals surface area contributed by atoms with E-state index in [-0.39, 0.29) is 12.3 Å². The largest absolute Gasteiger partial charge is 0.528 e. The Labute approximate surface area is 53.4 Å². The molecule has 0 aromatic carbocycles. The molecule has 4 heteroatoms. The summed E-state index contributed by atoms with van der Waals surface area (Å²) in [6.07, 6.45) is 1.42. The number of amides is 1. The normalized spacial score (nSPS) is 12.2. The fourth-order valence-electron chi connectivity index (χ4n) is 0.295. The van der Waals surface area contributed by atoms with Gasteiger partial charge in [0.1, 0.15) is 5.78 Å². The molecular formula is C5H9N2O2-. The standard InChI is InChI=1S/C5H9N2O2/c1-4(9)5(6)2-7-3-8/h5H,2,6H2,1H3,(H,7,8)/q-1. The maximum absolute atomic E-state index is 10.4. The van der Waals surface area contributed by atoms with Crippen LogP contribution >= 0.6 is 0 Å². The van der Waals surface area contributed by atoms with Gasteiger partial charge in [0.15, 0.2) is 0 Å². The first-order valence-corrected chi connectivity index (χ1v) is 2.54. The number of hydrogen-bond acceptors (Lipinski definition) is 3. The van der Waals surface area contributed by atoms with Crippen molar-refractivity contribution in [1.29, 1.82) is 0 Å². The Hall–Kier alpha value is -0.900. The van der Waals surface area contributed by atoms with E-state index in [1.165, 1.54) is 13.3 Å². The average Bonchev–Trinajstić information content (AvgIpc) is 1.82. The van der Waals surface area contributed by atoms with E-state index in [9.17, 15) is 9.59 Å². The minimum absolute atomic E-state index is 0.141. The van der Waals surface area contributed by atoms with Gasteiger partial charge in [0, 0.05) is 6.54 Å². The maximum Gasteiger partial charge on any atom is 0.148 e. The van der Waals surface area contributed by atoms with E-state index in [0.29, 0.717) is 0 Å². The molecule has 0 radical (unpaired) electrons. The molecule has 0 spiro atoms. The highest BCUT2D eigenvalue weighted by Crippen LogP contribution is 1.75. The lowest BCUT2D eigenvalue weighted by atomic mass is 10.2. The molecule has 0 heterocycles. The van der Waals surface area contributed by atoms with E-state index >= 15 is 0 Å². The molecule has 0 saturated heterocycles. The molecule has 0 bridgehead atoms. The predicted octanol–water partition coefficient (Wildman–Crippen LogP) is -1.44. The van der Waals surface area contributed by atoms with Gasteiger partial charge in [-0.2, -0.15) is 6.41 Å². The van der Waals surface area contributed by atoms with E-state index in [1.807, 2.05) is 0 Å². The van der Waals surface area contributed by atoms with E-state index in [1.54, 1.807) is 0 Å². The van der Waals surface area contributed by atoms with Crippen molar-refractivity contribution in [2.45, 2.75) is 13.0 Å². The van der Waals surface area contributed by atoms with Gasteiger partial charge in [-0.25, -0.2) is 0 Å². The molecule has 1 amide bonds. The molecular weight excluding hydrogens is 120 g/mol. The van der Waals surface area contributed by atoms with Gasteiger partial charge in [0.25, 0.3) is 0 Å². The van der Waals surface area contributed by atoms with Crippen LogP contribution in [0.2, 0.25) is 0 Å². The van der Waals surface area contributed by atoms with Crippen molar-refractivity contribution >= 4 is 12.2 Å². The summed E-state index contributed by atoms with van der Waals surface area (Å²) in [4.78, 5) is 19.9. The minimum Gasteiger partial charge on any atom is -0.528 e. The van der Waals surface area contributed by atoms with Crippen LogP contribution in [0.25, 0.3) is 0 Å². The van der Waals surface area contributed by atoms with Gasteiger partial charge in [-0.05, 0) is 6.92 Å². The second kappa shape index (κ2) is 4.03. The molecule has 0 aromatic heterocycles. The zero-order valence-electron chi connectivity index (χ0n) is 5.18. The smallest absolute Gasteiger partial charge is 0.148 e. The molecule has 0 aliphatic carbocycles. The van der Waals surface area contributed by atoms with Crippen LogP contribution in [0.15, 0.2) is 0 Å². The molecule has 3 N–H and O–H groups in total. The second-order valence-electron chi connectivity index (χ2n) is 1.70. The number of carbonyl (C=O) groups is 1. The Morgan fingerprint density at radius 1 is 1.89 bits per heavy atom. The van der Waals surface area contributed by atoms with Crippen LogP contribution in [0.5, 0.6) is 0 Å². The molecule has 0 saturated carbocycles. The van der Waals surface area contributed by atoms with Crippen molar-refractivity contribution in [3.63, 3.8) is 0 Å². The van der Waals surface area contributed by atoms with Gasteiger partial charge in [0.05, 0.1) is 6.04 Å². The van der Waals surface area contributed by atoms with Gasteiger partial charge in [-0.3, -0.25) is 4.79 Å². The highest BCUT2D eigenvalue weighted by atomic mass is 16.1. The highest BCUT2D eigenvalue weighted by molar-refractivity contribution is 5.81. The summed E-state index contributed by atoms with van der Waals surface area (Å²) in [6.45, 7) is 1.54. The van der Waals surface area contributed by atoms with Crippen molar-refractivity contribution in [3.05, 3.63) is 0 Å². The fraction of sp³-hybridized carbons (Fsp3) is 0.600. The second-order valence-corrected chi connectivity index (χ2v) is 1.70. The van der Waals surface area contributed by atoms with Crippen LogP contribution in [0.3, 0.4) is 0 Å². The van der Waals surface area contributed by atoms with Crippen LogP contribution < -0.4 is 11.1 Å². The van der Waals surface area contributed by atoms with Gasteiger partial charge in [-0.15, -0.1) is 0 Å². The molecule has 4 nitrogen and oxygen atoms in total. The molecule has 1 atom stereocenters. The fourth-order valence-corrected chi connectivity index (χ4v) is 0.295. The highest BCUT2D eigenvalue weighted by Gasteiger charge is 2.02. The maximum atomic E-state index is 10.4. The minimum atomic E-state index is -0.591. The summed E-state index contributed by atoms with van der Waals surface area (Å²) in [5.74, 6) is -0.141. The van der Waals surface area contributed by atoms with Crippen LogP contribution in [0.1, 0.15) is 6.92 Å². The van der Waals surface area contributed by atoms with Crippen molar-refractivity contribution in [2.75, 3.05) is 6.54 Å². The van der Waals surface area contributed by atoms with Gasteiger partial charge in [0.2, 0.25) is 0 Å². The third kappa shape index (κ3) is 3.66. The van der Waals surface area contributed by atoms with E-state index < -0.39 is 6.04 Å². The number of hydrogen-bond donors (Lipinski definition) is 2. The van der Waals surface area contributed by atoms with Gasteiger partial charge >= 0.3 is 0 Å². The van der Waals surface area contributed by atoms with Crippen LogP contribution in [-0.4, -0.2) is 24.8 Å². The third-order valence-corrected chi connectivity index (χ3v) is 0.916. The quantitative estimate of drug-likeness (QED) is 0.360. The zero-order chi connectivity index (χ0) is 7.28. The summed E-state index contributed by atoms with van der Waals surface area (Å²) in [5.41, 5.74) is 5.21.